The van der Waals surface area contributed by atoms with Crippen LogP contribution in [0.3, 0.4) is 0 Å². The number of carbonyl (C=O) groups excluding carboxylic acids is 1. The first-order chi connectivity index (χ1) is 14.1. The van der Waals surface area contributed by atoms with E-state index in [1.807, 2.05) is 48.5 Å². The second-order valence-corrected chi connectivity index (χ2v) is 6.46. The van der Waals surface area contributed by atoms with Crippen LogP contribution in [0.2, 0.25) is 0 Å². The van der Waals surface area contributed by atoms with Crippen molar-refractivity contribution in [2.75, 3.05) is 35.7 Å². The summed E-state index contributed by atoms with van der Waals surface area (Å²) in [6, 6.07) is 17.2. The molecule has 3 rings (SSSR count). The molecule has 0 atom stereocenters. The van der Waals surface area contributed by atoms with Crippen LogP contribution < -0.4 is 20.3 Å². The van der Waals surface area contributed by atoms with Crippen LogP contribution in [0, 0.1) is 0 Å². The number of amides is 1. The average Bonchev–Trinajstić information content (AvgIpc) is 2.76. The molecule has 2 N–H and O–H groups in total. The molecule has 0 unspecified atom stereocenters. The Morgan fingerprint density at radius 1 is 1.00 bits per heavy atom. The number of benzene rings is 2. The van der Waals surface area contributed by atoms with Crippen molar-refractivity contribution in [3.05, 3.63) is 72.6 Å². The van der Waals surface area contributed by atoms with E-state index < -0.39 is 0 Å². The van der Waals surface area contributed by atoms with E-state index >= 15 is 0 Å². The number of ether oxygens (including phenoxy) is 1. The highest BCUT2D eigenvalue weighted by Crippen LogP contribution is 2.27. The number of carbonyl (C=O) groups is 1. The molecule has 0 radical (unpaired) electrons. The van der Waals surface area contributed by atoms with E-state index in [1.54, 1.807) is 25.6 Å². The van der Waals surface area contributed by atoms with E-state index in [9.17, 15) is 4.79 Å². The first kappa shape index (κ1) is 20.2. The SMILES string of the molecule is CCN(CC)c1ccc(NC(=O)c2cncc(Nc3ccccc3OC)c2)cc1. The summed E-state index contributed by atoms with van der Waals surface area (Å²) >= 11 is 0. The summed E-state index contributed by atoms with van der Waals surface area (Å²) in [6.07, 6.45) is 3.22. The molecule has 0 fully saturated rings. The number of nitrogens with zero attached hydrogens (tertiary/aromatic N) is 2. The fraction of sp³-hybridized carbons (Fsp3) is 0.217. The van der Waals surface area contributed by atoms with E-state index in [2.05, 4.69) is 34.4 Å². The topological polar surface area (TPSA) is 66.5 Å². The van der Waals surface area contributed by atoms with Crippen molar-refractivity contribution in [3.63, 3.8) is 0 Å². The molecule has 0 bridgehead atoms. The summed E-state index contributed by atoms with van der Waals surface area (Å²) in [5.74, 6) is 0.507. The minimum atomic E-state index is -0.211. The number of aromatic nitrogens is 1. The zero-order chi connectivity index (χ0) is 20.6. The first-order valence-electron chi connectivity index (χ1n) is 9.66. The third-order valence-electron chi connectivity index (χ3n) is 4.64. The van der Waals surface area contributed by atoms with Gasteiger partial charge in [-0.05, 0) is 56.3 Å². The van der Waals surface area contributed by atoms with Crippen LogP contribution >= 0.6 is 0 Å². The number of hydrogen-bond acceptors (Lipinski definition) is 5. The molecule has 1 aromatic heterocycles. The van der Waals surface area contributed by atoms with Gasteiger partial charge in [-0.2, -0.15) is 0 Å². The van der Waals surface area contributed by atoms with Crippen molar-refractivity contribution in [1.29, 1.82) is 0 Å². The van der Waals surface area contributed by atoms with Crippen LogP contribution in [0.5, 0.6) is 5.75 Å². The molecule has 0 aliphatic rings. The number of hydrogen-bond donors (Lipinski definition) is 2. The fourth-order valence-electron chi connectivity index (χ4n) is 3.08. The Morgan fingerprint density at radius 3 is 2.41 bits per heavy atom. The molecule has 0 saturated carbocycles. The molecule has 0 aliphatic carbocycles. The molecule has 1 heterocycles. The summed E-state index contributed by atoms with van der Waals surface area (Å²) in [6.45, 7) is 6.14. The van der Waals surface area contributed by atoms with Gasteiger partial charge in [0.1, 0.15) is 5.75 Å². The summed E-state index contributed by atoms with van der Waals surface area (Å²) in [5.41, 5.74) is 3.87. The monoisotopic (exact) mass is 390 g/mol. The van der Waals surface area contributed by atoms with Gasteiger partial charge in [0.2, 0.25) is 0 Å². The maximum absolute atomic E-state index is 12.7. The lowest BCUT2D eigenvalue weighted by Crippen LogP contribution is -2.21. The molecular formula is C23H26N4O2. The molecule has 29 heavy (non-hydrogen) atoms. The third-order valence-corrected chi connectivity index (χ3v) is 4.64. The lowest BCUT2D eigenvalue weighted by atomic mass is 10.2. The fourth-order valence-corrected chi connectivity index (χ4v) is 3.08. The molecule has 2 aromatic carbocycles. The largest absolute Gasteiger partial charge is 0.495 e. The van der Waals surface area contributed by atoms with E-state index in [0.717, 1.165) is 35.9 Å². The molecule has 3 aromatic rings. The molecule has 6 heteroatoms. The number of methoxy groups -OCH3 is 1. The van der Waals surface area contributed by atoms with Gasteiger partial charge in [-0.25, -0.2) is 0 Å². The zero-order valence-corrected chi connectivity index (χ0v) is 17.0. The second kappa shape index (κ2) is 9.59. The van der Waals surface area contributed by atoms with Crippen LogP contribution in [0.25, 0.3) is 0 Å². The minimum Gasteiger partial charge on any atom is -0.495 e. The van der Waals surface area contributed by atoms with Crippen LogP contribution in [0.1, 0.15) is 24.2 Å². The van der Waals surface area contributed by atoms with Gasteiger partial charge >= 0.3 is 0 Å². The van der Waals surface area contributed by atoms with Crippen molar-refractivity contribution in [2.24, 2.45) is 0 Å². The van der Waals surface area contributed by atoms with Crippen molar-refractivity contribution >= 4 is 28.7 Å². The Labute approximate surface area is 171 Å². The summed E-state index contributed by atoms with van der Waals surface area (Å²) in [5, 5.41) is 6.17. The van der Waals surface area contributed by atoms with E-state index in [0.29, 0.717) is 11.3 Å². The Balaban J connectivity index is 1.71. The van der Waals surface area contributed by atoms with Crippen LogP contribution in [-0.2, 0) is 0 Å². The van der Waals surface area contributed by atoms with Crippen molar-refractivity contribution in [2.45, 2.75) is 13.8 Å². The lowest BCUT2D eigenvalue weighted by Gasteiger charge is -2.21. The Morgan fingerprint density at radius 2 is 1.72 bits per heavy atom. The molecule has 0 saturated heterocycles. The predicted octanol–water partition coefficient (Wildman–Crippen LogP) is 4.93. The van der Waals surface area contributed by atoms with Gasteiger partial charge in [-0.1, -0.05) is 12.1 Å². The van der Waals surface area contributed by atoms with Gasteiger partial charge in [0.05, 0.1) is 30.2 Å². The maximum Gasteiger partial charge on any atom is 0.257 e. The minimum absolute atomic E-state index is 0.211. The van der Waals surface area contributed by atoms with Crippen molar-refractivity contribution in [3.8, 4) is 5.75 Å². The quantitative estimate of drug-likeness (QED) is 0.571. The second-order valence-electron chi connectivity index (χ2n) is 6.46. The number of para-hydroxylation sites is 2. The normalized spacial score (nSPS) is 10.3. The molecular weight excluding hydrogens is 364 g/mol. The standard InChI is InChI=1S/C23H26N4O2/c1-4-27(5-2)20-12-10-18(11-13-20)26-23(28)17-14-19(16-24-15-17)25-21-8-6-7-9-22(21)29-3/h6-16,25H,4-5H2,1-3H3,(H,26,28). The van der Waals surface area contributed by atoms with Gasteiger partial charge in [0.15, 0.2) is 0 Å². The molecule has 150 valence electrons. The highest BCUT2D eigenvalue weighted by molar-refractivity contribution is 6.04. The average molecular weight is 390 g/mol. The summed E-state index contributed by atoms with van der Waals surface area (Å²) < 4.78 is 5.35. The summed E-state index contributed by atoms with van der Waals surface area (Å²) in [7, 11) is 1.62. The van der Waals surface area contributed by atoms with Gasteiger partial charge in [-0.3, -0.25) is 9.78 Å². The Kier molecular flexibility index (Phi) is 6.68. The van der Waals surface area contributed by atoms with Crippen molar-refractivity contribution in [1.82, 2.24) is 4.98 Å². The van der Waals surface area contributed by atoms with Crippen LogP contribution in [0.4, 0.5) is 22.7 Å². The maximum atomic E-state index is 12.7. The van der Waals surface area contributed by atoms with Crippen molar-refractivity contribution < 1.29 is 9.53 Å². The molecule has 0 aliphatic heterocycles. The Bertz CT molecular complexity index is 953. The molecule has 6 nitrogen and oxygen atoms in total. The predicted molar refractivity (Wildman–Crippen MR) is 118 cm³/mol. The van der Waals surface area contributed by atoms with Gasteiger partial charge < -0.3 is 20.3 Å². The summed E-state index contributed by atoms with van der Waals surface area (Å²) in [4.78, 5) is 19.1. The molecule has 0 spiro atoms. The number of nitrogens with one attached hydrogen (secondary N) is 2. The van der Waals surface area contributed by atoms with Crippen LogP contribution in [-0.4, -0.2) is 31.1 Å². The van der Waals surface area contributed by atoms with E-state index in [1.165, 1.54) is 0 Å². The molecule has 1 amide bonds. The number of anilines is 4. The van der Waals surface area contributed by atoms with E-state index in [-0.39, 0.29) is 5.91 Å². The highest BCUT2D eigenvalue weighted by atomic mass is 16.5. The highest BCUT2D eigenvalue weighted by Gasteiger charge is 2.10. The van der Waals surface area contributed by atoms with Gasteiger partial charge in [0, 0.05) is 30.7 Å². The number of pyridine rings is 1. The van der Waals surface area contributed by atoms with Crippen LogP contribution in [0.15, 0.2) is 67.0 Å². The number of rotatable bonds is 8. The first-order valence-corrected chi connectivity index (χ1v) is 9.66. The van der Waals surface area contributed by atoms with E-state index in [4.69, 9.17) is 4.74 Å². The zero-order valence-electron chi connectivity index (χ0n) is 17.0. The Hall–Kier alpha value is -3.54. The lowest BCUT2D eigenvalue weighted by molar-refractivity contribution is 0.102. The van der Waals surface area contributed by atoms with Gasteiger partial charge in [0.25, 0.3) is 5.91 Å². The van der Waals surface area contributed by atoms with Gasteiger partial charge in [-0.15, -0.1) is 0 Å². The third kappa shape index (κ3) is 5.04. The smallest absolute Gasteiger partial charge is 0.257 e.